The van der Waals surface area contributed by atoms with Crippen molar-refractivity contribution in [1.29, 1.82) is 0 Å². The molecule has 0 aromatic heterocycles. The van der Waals surface area contributed by atoms with Gasteiger partial charge in [0.05, 0.1) is 5.69 Å². The third kappa shape index (κ3) is 3.65. The van der Waals surface area contributed by atoms with E-state index in [4.69, 9.17) is 4.52 Å². The van der Waals surface area contributed by atoms with Crippen molar-refractivity contribution in [1.82, 2.24) is 0 Å². The maximum atomic E-state index is 14.9. The molecule has 2 unspecified atom stereocenters. The summed E-state index contributed by atoms with van der Waals surface area (Å²) in [6.07, 6.45) is 0. The van der Waals surface area contributed by atoms with E-state index in [2.05, 4.69) is 0 Å². The van der Waals surface area contributed by atoms with Crippen LogP contribution in [0.1, 0.15) is 11.3 Å². The highest BCUT2D eigenvalue weighted by Crippen LogP contribution is 2.70. The van der Waals surface area contributed by atoms with Crippen LogP contribution < -0.4 is 14.1 Å². The first-order valence-electron chi connectivity index (χ1n) is 10.5. The van der Waals surface area contributed by atoms with E-state index in [0.29, 0.717) is 22.7 Å². The van der Waals surface area contributed by atoms with Crippen molar-refractivity contribution in [2.45, 2.75) is 5.78 Å². The number of nitrogens with zero attached hydrogens (tertiary/aromatic N) is 2. The number of rotatable bonds is 5. The monoisotopic (exact) mass is 456 g/mol. The lowest BCUT2D eigenvalue weighted by molar-refractivity contribution is 0.255. The van der Waals surface area contributed by atoms with Crippen LogP contribution in [0.5, 0.6) is 11.5 Å². The predicted octanol–water partition coefficient (Wildman–Crippen LogP) is 6.81. The van der Waals surface area contributed by atoms with Crippen LogP contribution in [-0.4, -0.2) is 11.1 Å². The lowest BCUT2D eigenvalue weighted by atomic mass is 10.1. The summed E-state index contributed by atoms with van der Waals surface area (Å²) in [6.45, 7) is 0. The van der Waals surface area contributed by atoms with Crippen molar-refractivity contribution in [3.63, 3.8) is 0 Å². The Labute approximate surface area is 191 Å². The number of aromatic hydroxyl groups is 1. The van der Waals surface area contributed by atoms with E-state index in [1.165, 1.54) is 15.6 Å². The third-order valence-corrected chi connectivity index (χ3v) is 8.01. The van der Waals surface area contributed by atoms with Gasteiger partial charge in [0.15, 0.2) is 5.78 Å². The summed E-state index contributed by atoms with van der Waals surface area (Å²) in [5.41, 5.74) is 1.33. The van der Waals surface area contributed by atoms with Crippen LogP contribution in [0.2, 0.25) is 0 Å². The fourth-order valence-corrected chi connectivity index (χ4v) is 6.71. The fourth-order valence-electron chi connectivity index (χ4n) is 4.01. The fraction of sp³-hybridized carbons (Fsp3) is 0.0385. The molecular weight excluding hydrogens is 435 g/mol. The molecule has 0 saturated carbocycles. The molecule has 1 saturated heterocycles. The zero-order valence-corrected chi connectivity index (χ0v) is 18.5. The van der Waals surface area contributed by atoms with E-state index in [-0.39, 0.29) is 5.75 Å². The van der Waals surface area contributed by atoms with E-state index in [0.717, 1.165) is 0 Å². The molecule has 33 heavy (non-hydrogen) atoms. The highest BCUT2D eigenvalue weighted by Gasteiger charge is 2.59. The van der Waals surface area contributed by atoms with Crippen LogP contribution in [0.15, 0.2) is 115 Å². The number of phenols is 1. The van der Waals surface area contributed by atoms with Crippen LogP contribution in [0.25, 0.3) is 0 Å². The van der Waals surface area contributed by atoms with Crippen molar-refractivity contribution >= 4 is 24.9 Å². The molecule has 4 aromatic rings. The number of carbonyl (C=O) groups excluding carboxylic acids is 1. The number of carbonyl (C=O) groups is 1. The summed E-state index contributed by atoms with van der Waals surface area (Å²) in [5, 5.41) is 10.7. The molecule has 164 valence electrons. The minimum Gasteiger partial charge on any atom is -0.508 e. The van der Waals surface area contributed by atoms with Gasteiger partial charge < -0.3 is 9.63 Å². The van der Waals surface area contributed by atoms with Gasteiger partial charge in [-0.15, -0.1) is 0 Å². The number of hydrogen-bond acceptors (Lipinski definition) is 4. The first-order valence-corrected chi connectivity index (χ1v) is 12.1. The maximum absolute atomic E-state index is 14.9. The Hall–Kier alpha value is -4.02. The molecule has 1 fully saturated rings. The van der Waals surface area contributed by atoms with Gasteiger partial charge in [0.2, 0.25) is 0 Å². The Morgan fingerprint density at radius 1 is 0.697 bits per heavy atom. The van der Waals surface area contributed by atoms with Crippen LogP contribution in [0.4, 0.5) is 16.2 Å². The van der Waals surface area contributed by atoms with Crippen molar-refractivity contribution < 1.29 is 19.0 Å². The molecule has 4 aromatic carbocycles. The van der Waals surface area contributed by atoms with Gasteiger partial charge in [-0.05, 0) is 42.5 Å². The van der Waals surface area contributed by atoms with Gasteiger partial charge in [-0.25, -0.2) is 9.46 Å². The minimum absolute atomic E-state index is 0.0666. The summed E-state index contributed by atoms with van der Waals surface area (Å²) in [7, 11) is -4.01. The minimum atomic E-state index is -4.01. The Morgan fingerprint density at radius 3 is 1.82 bits per heavy atom. The van der Waals surface area contributed by atoms with Gasteiger partial charge in [0.1, 0.15) is 11.5 Å². The number of para-hydroxylation sites is 4. The Morgan fingerprint density at radius 2 is 1.21 bits per heavy atom. The second kappa shape index (κ2) is 8.49. The van der Waals surface area contributed by atoms with Gasteiger partial charge in [0.25, 0.3) is 0 Å². The van der Waals surface area contributed by atoms with Gasteiger partial charge in [-0.1, -0.05) is 72.8 Å². The standard InChI is InChI=1S/C26H21N2O4P/c29-24-19-11-10-18-23(24)25-27(20-12-4-1-5-13-20)26(30)28(21-14-6-2-7-15-21)33(25,31)32-22-16-8-3-9-17-22/h1-19,25,29H. The number of benzene rings is 4. The van der Waals surface area contributed by atoms with Crippen LogP contribution in [-0.2, 0) is 4.57 Å². The van der Waals surface area contributed by atoms with Crippen LogP contribution in [0, 0.1) is 0 Å². The van der Waals surface area contributed by atoms with Crippen molar-refractivity contribution in [2.24, 2.45) is 0 Å². The molecule has 0 spiro atoms. The van der Waals surface area contributed by atoms with Crippen molar-refractivity contribution in [3.8, 4) is 11.5 Å². The highest BCUT2D eigenvalue weighted by atomic mass is 31.2. The first kappa shape index (κ1) is 20.9. The van der Waals surface area contributed by atoms with E-state index in [1.807, 2.05) is 18.2 Å². The first-order chi connectivity index (χ1) is 16.1. The van der Waals surface area contributed by atoms with E-state index >= 15 is 0 Å². The van der Waals surface area contributed by atoms with Gasteiger partial charge >= 0.3 is 13.6 Å². The molecule has 1 aliphatic rings. The number of amides is 2. The largest absolute Gasteiger partial charge is 0.508 e. The van der Waals surface area contributed by atoms with Crippen LogP contribution in [0.3, 0.4) is 0 Å². The second-order valence-corrected chi connectivity index (χ2v) is 9.74. The Bertz CT molecular complexity index is 1320. The molecule has 0 aliphatic carbocycles. The van der Waals surface area contributed by atoms with Crippen molar-refractivity contribution in [3.05, 3.63) is 121 Å². The van der Waals surface area contributed by atoms with Gasteiger partial charge in [0, 0.05) is 11.3 Å². The van der Waals surface area contributed by atoms with Gasteiger partial charge in [-0.3, -0.25) is 9.46 Å². The molecule has 1 heterocycles. The van der Waals surface area contributed by atoms with E-state index in [9.17, 15) is 14.5 Å². The molecular formula is C26H21N2O4P. The molecule has 2 amide bonds. The quantitative estimate of drug-likeness (QED) is 0.335. The molecule has 7 heteroatoms. The Balaban J connectivity index is 1.77. The zero-order valence-electron chi connectivity index (χ0n) is 17.6. The number of urea groups is 1. The summed E-state index contributed by atoms with van der Waals surface area (Å²) < 4.78 is 22.3. The topological polar surface area (TPSA) is 70.1 Å². The third-order valence-electron chi connectivity index (χ3n) is 5.45. The summed E-state index contributed by atoms with van der Waals surface area (Å²) in [4.78, 5) is 15.4. The predicted molar refractivity (Wildman–Crippen MR) is 129 cm³/mol. The van der Waals surface area contributed by atoms with Crippen LogP contribution >= 0.6 is 7.52 Å². The molecule has 1 aliphatic heterocycles. The normalized spacial score (nSPS) is 20.1. The van der Waals surface area contributed by atoms with E-state index in [1.54, 1.807) is 91.0 Å². The summed E-state index contributed by atoms with van der Waals surface area (Å²) in [5.74, 6) is -0.776. The molecule has 2 atom stereocenters. The smallest absolute Gasteiger partial charge is 0.379 e. The average molecular weight is 456 g/mol. The zero-order chi connectivity index (χ0) is 22.8. The molecule has 0 bridgehead atoms. The Kier molecular flexibility index (Phi) is 5.37. The van der Waals surface area contributed by atoms with Crippen molar-refractivity contribution in [2.75, 3.05) is 9.57 Å². The highest BCUT2D eigenvalue weighted by molar-refractivity contribution is 7.63. The lowest BCUT2D eigenvalue weighted by Crippen LogP contribution is -2.32. The summed E-state index contributed by atoms with van der Waals surface area (Å²) >= 11 is 0. The molecule has 1 N–H and O–H groups in total. The SMILES string of the molecule is O=C1N(c2ccccc2)C(c2ccccc2O)P(=O)(Oc2ccccc2)N1c1ccccc1. The number of anilines is 2. The summed E-state index contributed by atoms with van der Waals surface area (Å²) in [6, 6.07) is 32.7. The van der Waals surface area contributed by atoms with E-state index < -0.39 is 19.3 Å². The maximum Gasteiger partial charge on any atom is 0.379 e. The molecule has 6 nitrogen and oxygen atoms in total. The molecule has 0 radical (unpaired) electrons. The van der Waals surface area contributed by atoms with Gasteiger partial charge in [-0.2, -0.15) is 0 Å². The number of phenolic OH excluding ortho intramolecular Hbond substituents is 1. The average Bonchev–Trinajstić information content (AvgIpc) is 3.07. The molecule has 5 rings (SSSR count). The number of hydrogen-bond donors (Lipinski definition) is 1. The second-order valence-electron chi connectivity index (χ2n) is 7.54. The lowest BCUT2D eigenvalue weighted by Gasteiger charge is -2.28.